The molecule has 100 valence electrons. The third kappa shape index (κ3) is 3.44. The van der Waals surface area contributed by atoms with Gasteiger partial charge in [0.1, 0.15) is 5.82 Å². The molecule has 0 N–H and O–H groups in total. The first-order chi connectivity index (χ1) is 8.69. The molecular formula is C15H20F2O. The fourth-order valence-corrected chi connectivity index (χ4v) is 2.61. The van der Waals surface area contributed by atoms with Crippen LogP contribution in [0.1, 0.15) is 39.0 Å². The maximum atomic E-state index is 13.4. The van der Waals surface area contributed by atoms with Crippen LogP contribution < -0.4 is 4.74 Å². The third-order valence-corrected chi connectivity index (χ3v) is 3.91. The minimum Gasteiger partial charge on any atom is -0.490 e. The molecule has 0 spiro atoms. The lowest BCUT2D eigenvalue weighted by Crippen LogP contribution is -2.20. The van der Waals surface area contributed by atoms with E-state index in [0.717, 1.165) is 24.8 Å². The largest absolute Gasteiger partial charge is 0.490 e. The van der Waals surface area contributed by atoms with Gasteiger partial charge in [-0.15, -0.1) is 0 Å². The van der Waals surface area contributed by atoms with E-state index in [2.05, 4.69) is 6.92 Å². The van der Waals surface area contributed by atoms with E-state index in [-0.39, 0.29) is 5.75 Å². The molecule has 1 saturated carbocycles. The topological polar surface area (TPSA) is 9.23 Å². The number of ether oxygens (including phenoxy) is 1. The van der Waals surface area contributed by atoms with Crippen molar-refractivity contribution in [2.75, 3.05) is 6.61 Å². The lowest BCUT2D eigenvalue weighted by atomic mass is 9.81. The van der Waals surface area contributed by atoms with Crippen molar-refractivity contribution in [3.8, 4) is 5.75 Å². The second-order valence-electron chi connectivity index (χ2n) is 5.18. The van der Waals surface area contributed by atoms with Crippen LogP contribution >= 0.6 is 0 Å². The van der Waals surface area contributed by atoms with Crippen molar-refractivity contribution in [2.24, 2.45) is 11.8 Å². The van der Waals surface area contributed by atoms with Gasteiger partial charge in [-0.05, 0) is 36.8 Å². The van der Waals surface area contributed by atoms with Gasteiger partial charge in [0, 0.05) is 6.07 Å². The Hall–Kier alpha value is -1.12. The molecule has 0 unspecified atom stereocenters. The number of hydrogen-bond acceptors (Lipinski definition) is 1. The van der Waals surface area contributed by atoms with Crippen molar-refractivity contribution in [1.29, 1.82) is 0 Å². The number of halogens is 2. The van der Waals surface area contributed by atoms with Gasteiger partial charge in [-0.3, -0.25) is 0 Å². The highest BCUT2D eigenvalue weighted by Crippen LogP contribution is 2.31. The highest BCUT2D eigenvalue weighted by molar-refractivity contribution is 5.24. The van der Waals surface area contributed by atoms with E-state index in [4.69, 9.17) is 4.74 Å². The summed E-state index contributed by atoms with van der Waals surface area (Å²) in [6, 6.07) is 3.46. The normalized spacial score (nSPS) is 23.9. The highest BCUT2D eigenvalue weighted by Gasteiger charge is 2.20. The average Bonchev–Trinajstić information content (AvgIpc) is 2.38. The summed E-state index contributed by atoms with van der Waals surface area (Å²) in [5, 5.41) is 0. The second kappa shape index (κ2) is 6.17. The molecule has 1 aliphatic carbocycles. The molecule has 1 aromatic rings. The first kappa shape index (κ1) is 13.3. The first-order valence-corrected chi connectivity index (χ1v) is 6.77. The molecule has 1 fully saturated rings. The zero-order valence-corrected chi connectivity index (χ0v) is 10.8. The van der Waals surface area contributed by atoms with Crippen LogP contribution in [0, 0.1) is 23.5 Å². The first-order valence-electron chi connectivity index (χ1n) is 6.77. The Bertz CT molecular complexity index is 384. The molecule has 0 heterocycles. The summed E-state index contributed by atoms with van der Waals surface area (Å²) in [7, 11) is 0. The quantitative estimate of drug-likeness (QED) is 0.765. The SMILES string of the molecule is CCC1CCC(COc2ccc(F)cc2F)CC1. The molecule has 0 radical (unpaired) electrons. The number of benzene rings is 1. The van der Waals surface area contributed by atoms with Gasteiger partial charge in [-0.2, -0.15) is 0 Å². The zero-order valence-electron chi connectivity index (χ0n) is 10.8. The molecule has 3 heteroatoms. The number of hydrogen-bond donors (Lipinski definition) is 0. The molecule has 1 aliphatic rings. The summed E-state index contributed by atoms with van der Waals surface area (Å²) in [6.45, 7) is 2.77. The summed E-state index contributed by atoms with van der Waals surface area (Å²) in [4.78, 5) is 0. The minimum atomic E-state index is -0.614. The van der Waals surface area contributed by atoms with Crippen LogP contribution in [0.25, 0.3) is 0 Å². The molecular weight excluding hydrogens is 234 g/mol. The van der Waals surface area contributed by atoms with E-state index in [1.54, 1.807) is 0 Å². The van der Waals surface area contributed by atoms with Crippen LogP contribution in [0.5, 0.6) is 5.75 Å². The Balaban J connectivity index is 1.81. The smallest absolute Gasteiger partial charge is 0.167 e. The van der Waals surface area contributed by atoms with E-state index < -0.39 is 11.6 Å². The summed E-state index contributed by atoms with van der Waals surface area (Å²) in [5.41, 5.74) is 0. The van der Waals surface area contributed by atoms with Crippen molar-refractivity contribution in [3.05, 3.63) is 29.8 Å². The van der Waals surface area contributed by atoms with Crippen molar-refractivity contribution in [3.63, 3.8) is 0 Å². The Morgan fingerprint density at radius 2 is 1.78 bits per heavy atom. The molecule has 0 amide bonds. The lowest BCUT2D eigenvalue weighted by molar-refractivity contribution is 0.176. The maximum absolute atomic E-state index is 13.4. The zero-order chi connectivity index (χ0) is 13.0. The van der Waals surface area contributed by atoms with Crippen LogP contribution in [0.4, 0.5) is 8.78 Å². The van der Waals surface area contributed by atoms with E-state index >= 15 is 0 Å². The van der Waals surface area contributed by atoms with Crippen LogP contribution in [0.15, 0.2) is 18.2 Å². The van der Waals surface area contributed by atoms with Crippen LogP contribution in [-0.2, 0) is 0 Å². The summed E-state index contributed by atoms with van der Waals surface area (Å²) in [5.74, 6) is 0.343. The Morgan fingerprint density at radius 1 is 1.11 bits per heavy atom. The fraction of sp³-hybridized carbons (Fsp3) is 0.600. The lowest BCUT2D eigenvalue weighted by Gasteiger charge is -2.27. The number of rotatable bonds is 4. The molecule has 18 heavy (non-hydrogen) atoms. The van der Waals surface area contributed by atoms with Crippen LogP contribution in [0.3, 0.4) is 0 Å². The van der Waals surface area contributed by atoms with Gasteiger partial charge >= 0.3 is 0 Å². The average molecular weight is 254 g/mol. The Kier molecular flexibility index (Phi) is 4.56. The van der Waals surface area contributed by atoms with Gasteiger partial charge in [-0.25, -0.2) is 8.78 Å². The second-order valence-corrected chi connectivity index (χ2v) is 5.18. The standard InChI is InChI=1S/C15H20F2O/c1-2-11-3-5-12(6-4-11)10-18-15-8-7-13(16)9-14(15)17/h7-9,11-12H,2-6,10H2,1H3. The minimum absolute atomic E-state index is 0.161. The van der Waals surface area contributed by atoms with Gasteiger partial charge in [0.25, 0.3) is 0 Å². The molecule has 0 saturated heterocycles. The predicted octanol–water partition coefficient (Wildman–Crippen LogP) is 4.56. The van der Waals surface area contributed by atoms with Gasteiger partial charge in [0.15, 0.2) is 11.6 Å². The molecule has 2 rings (SSSR count). The van der Waals surface area contributed by atoms with Gasteiger partial charge in [-0.1, -0.05) is 26.2 Å². The van der Waals surface area contributed by atoms with Gasteiger partial charge < -0.3 is 4.74 Å². The monoisotopic (exact) mass is 254 g/mol. The van der Waals surface area contributed by atoms with Crippen LogP contribution in [0.2, 0.25) is 0 Å². The maximum Gasteiger partial charge on any atom is 0.167 e. The van der Waals surface area contributed by atoms with Gasteiger partial charge in [0.2, 0.25) is 0 Å². The Morgan fingerprint density at radius 3 is 2.39 bits per heavy atom. The van der Waals surface area contributed by atoms with Gasteiger partial charge in [0.05, 0.1) is 6.61 Å². The van der Waals surface area contributed by atoms with Crippen molar-refractivity contribution >= 4 is 0 Å². The van der Waals surface area contributed by atoms with E-state index in [9.17, 15) is 8.78 Å². The summed E-state index contributed by atoms with van der Waals surface area (Å²) in [6.07, 6.45) is 6.05. The third-order valence-electron chi connectivity index (χ3n) is 3.91. The molecule has 1 nitrogen and oxygen atoms in total. The molecule has 0 aliphatic heterocycles. The van der Waals surface area contributed by atoms with Crippen molar-refractivity contribution < 1.29 is 13.5 Å². The Labute approximate surface area is 107 Å². The molecule has 0 aromatic heterocycles. The summed E-state index contributed by atoms with van der Waals surface area (Å²) < 4.78 is 31.5. The van der Waals surface area contributed by atoms with E-state index in [1.807, 2.05) is 0 Å². The van der Waals surface area contributed by atoms with E-state index in [1.165, 1.54) is 31.4 Å². The highest BCUT2D eigenvalue weighted by atomic mass is 19.1. The predicted molar refractivity (Wildman–Crippen MR) is 67.6 cm³/mol. The van der Waals surface area contributed by atoms with Crippen LogP contribution in [-0.4, -0.2) is 6.61 Å². The van der Waals surface area contributed by atoms with E-state index in [0.29, 0.717) is 12.5 Å². The molecule has 0 atom stereocenters. The fourth-order valence-electron chi connectivity index (χ4n) is 2.61. The van der Waals surface area contributed by atoms with Crippen molar-refractivity contribution in [2.45, 2.75) is 39.0 Å². The van der Waals surface area contributed by atoms with Crippen molar-refractivity contribution in [1.82, 2.24) is 0 Å². The molecule has 0 bridgehead atoms. The molecule has 1 aromatic carbocycles. The summed E-state index contributed by atoms with van der Waals surface area (Å²) >= 11 is 0.